The number of likely N-dealkylation sites (tertiary alicyclic amines) is 2. The van der Waals surface area contributed by atoms with E-state index >= 15 is 0 Å². The van der Waals surface area contributed by atoms with Crippen LogP contribution in [0.4, 0.5) is 9.59 Å². The van der Waals surface area contributed by atoms with Crippen molar-refractivity contribution in [3.8, 4) is 23.0 Å². The van der Waals surface area contributed by atoms with Gasteiger partial charge in [-0.3, -0.25) is 9.59 Å². The van der Waals surface area contributed by atoms with Gasteiger partial charge in [-0.1, -0.05) is 21.3 Å². The first-order valence-corrected chi connectivity index (χ1v) is 26.9. The molecule has 0 aliphatic carbocycles. The van der Waals surface area contributed by atoms with E-state index < -0.39 is 16.4 Å². The molecule has 0 spiro atoms. The van der Waals surface area contributed by atoms with Crippen LogP contribution in [0.25, 0.3) is 0 Å². The maximum absolute atomic E-state index is 13.9. The average Bonchev–Trinajstić information content (AvgIpc) is 3.33. The molecule has 0 aromatic heterocycles. The summed E-state index contributed by atoms with van der Waals surface area (Å²) in [6, 6.07) is 11.0. The molecule has 18 nitrogen and oxygen atoms in total. The van der Waals surface area contributed by atoms with Crippen molar-refractivity contribution in [1.29, 1.82) is 0 Å². The van der Waals surface area contributed by atoms with Crippen LogP contribution in [0.3, 0.4) is 0 Å². The smallest absolute Gasteiger partial charge is 0.410 e. The molecule has 0 radical (unpaired) electrons. The topological polar surface area (TPSA) is 182 Å². The Bertz CT molecular complexity index is 1900. The van der Waals surface area contributed by atoms with Gasteiger partial charge in [0.25, 0.3) is 11.1 Å². The molecular weight excluding hydrogens is 1000 g/mol. The minimum atomic E-state index is -0.569. The molecule has 0 bridgehead atoms. The van der Waals surface area contributed by atoms with Gasteiger partial charge in [0.05, 0.1) is 32.5 Å². The van der Waals surface area contributed by atoms with Crippen LogP contribution in [-0.4, -0.2) is 181 Å². The van der Waals surface area contributed by atoms with Crippen molar-refractivity contribution >= 4 is 34.9 Å². The van der Waals surface area contributed by atoms with Gasteiger partial charge in [0, 0.05) is 148 Å². The molecule has 0 saturated carbocycles. The fraction of sp³-hybridized carbons (Fsp3) is 0.719. The highest BCUT2D eigenvalue weighted by atomic mass is 35.5. The number of halogens is 1. The molecule has 2 atom stereocenters. The summed E-state index contributed by atoms with van der Waals surface area (Å²) in [5, 5.41) is 2.94. The molecule has 1 N–H and O–H groups in total. The van der Waals surface area contributed by atoms with Crippen molar-refractivity contribution in [2.24, 2.45) is 0 Å². The standard InChI is InChI=1S/C28H46N2O7.C15H21ClO5.C13H26N2O2.CH4/c1-21(2)30(23-11-8-12-29(20-23)27(32)37-28(3,4)5)26(31)22-17-24(35-15-9-13-33-6)19-25(18-22)36-16-10-14-34-7;1-18-5-3-7-20-13-9-12(15(16)17)10-14(11-13)21-8-4-6-19-2;1-10(2)14-11-7-6-8-15(9-11)12(16)17-13(3,4)5;/h17-19,21,23H,8-16,20H2,1-7H3;9-11H,3-8H2,1-2H3;10-11,14H,6-9H2,1-5H3;1H4/t23-;;11-;/m1.1./s1. The lowest BCUT2D eigenvalue weighted by Gasteiger charge is -2.41. The van der Waals surface area contributed by atoms with Crippen molar-refractivity contribution in [3.63, 3.8) is 0 Å². The molecular formula is C57H97ClN4O14. The van der Waals surface area contributed by atoms with Gasteiger partial charge in [-0.05, 0) is 117 Å². The third-order valence-corrected chi connectivity index (χ3v) is 11.4. The van der Waals surface area contributed by atoms with E-state index in [0.29, 0.717) is 112 Å². The molecule has 2 heterocycles. The summed E-state index contributed by atoms with van der Waals surface area (Å²) in [7, 11) is 6.58. The SMILES string of the molecule is C.CC(C)N[C@@H]1CCCN(C(=O)OC(C)(C)C)C1.COCCCOc1cc(OCCCOC)cc(C(=O)Cl)c1.COCCCOc1cc(OCCCOC)cc(C(=O)N(C(C)C)[C@@H]2CCCN(C(=O)OC(C)(C)C)C2)c1. The first kappa shape index (κ1) is 69.4. The van der Waals surface area contributed by atoms with Gasteiger partial charge in [0.15, 0.2) is 0 Å². The number of rotatable bonds is 26. The normalized spacial score (nSPS) is 15.5. The molecule has 2 fully saturated rings. The maximum atomic E-state index is 13.9. The number of hydrogen-bond acceptors (Lipinski definition) is 15. The number of piperidine rings is 2. The maximum Gasteiger partial charge on any atom is 0.410 e. The van der Waals surface area contributed by atoms with Gasteiger partial charge in [-0.25, -0.2) is 9.59 Å². The summed E-state index contributed by atoms with van der Waals surface area (Å²) in [5.41, 5.74) is -0.132. The molecule has 3 amide bonds. The molecule has 4 rings (SSSR count). The second-order valence-electron chi connectivity index (χ2n) is 21.1. The van der Waals surface area contributed by atoms with Gasteiger partial charge >= 0.3 is 12.2 Å². The minimum absolute atomic E-state index is 0. The molecule has 76 heavy (non-hydrogen) atoms. The third kappa shape index (κ3) is 29.2. The highest BCUT2D eigenvalue weighted by molar-refractivity contribution is 6.67. The summed E-state index contributed by atoms with van der Waals surface area (Å²) in [5.74, 6) is 2.15. The van der Waals surface area contributed by atoms with Crippen LogP contribution in [0.2, 0.25) is 0 Å². The van der Waals surface area contributed by atoms with Crippen LogP contribution >= 0.6 is 11.6 Å². The molecule has 0 unspecified atom stereocenters. The van der Waals surface area contributed by atoms with Gasteiger partial charge < -0.3 is 67.4 Å². The third-order valence-electron chi connectivity index (χ3n) is 11.2. The Morgan fingerprint density at radius 2 is 0.947 bits per heavy atom. The number of hydrogen-bond donors (Lipinski definition) is 1. The van der Waals surface area contributed by atoms with Gasteiger partial charge in [-0.15, -0.1) is 0 Å². The van der Waals surface area contributed by atoms with Crippen LogP contribution in [0, 0.1) is 0 Å². The number of nitrogens with one attached hydrogen (secondary N) is 1. The van der Waals surface area contributed by atoms with E-state index in [4.69, 9.17) is 59.0 Å². The number of benzene rings is 2. The number of carbonyl (C=O) groups is 4. The molecule has 19 heteroatoms. The van der Waals surface area contributed by atoms with E-state index in [2.05, 4.69) is 19.2 Å². The Morgan fingerprint density at radius 1 is 0.579 bits per heavy atom. The van der Waals surface area contributed by atoms with Crippen LogP contribution in [0.5, 0.6) is 23.0 Å². The average molecular weight is 1100 g/mol. The first-order valence-electron chi connectivity index (χ1n) is 26.5. The number of carbonyl (C=O) groups excluding carboxylic acids is 4. The van der Waals surface area contributed by atoms with Crippen LogP contribution < -0.4 is 24.3 Å². The summed E-state index contributed by atoms with van der Waals surface area (Å²) in [6.45, 7) is 26.5. The van der Waals surface area contributed by atoms with Gasteiger partial charge in [-0.2, -0.15) is 0 Å². The van der Waals surface area contributed by atoms with Crippen molar-refractivity contribution in [3.05, 3.63) is 47.5 Å². The van der Waals surface area contributed by atoms with Crippen molar-refractivity contribution < 1.29 is 66.5 Å². The zero-order valence-corrected chi connectivity index (χ0v) is 48.6. The summed E-state index contributed by atoms with van der Waals surface area (Å²) >= 11 is 5.52. The Kier molecular flexibility index (Phi) is 34.0. The Hall–Kier alpha value is -4.59. The quantitative estimate of drug-likeness (QED) is 0.0693. The highest BCUT2D eigenvalue weighted by Crippen LogP contribution is 2.29. The Labute approximate surface area is 461 Å². The molecule has 436 valence electrons. The van der Waals surface area contributed by atoms with E-state index in [9.17, 15) is 19.2 Å². The number of ether oxygens (including phenoxy) is 10. The van der Waals surface area contributed by atoms with E-state index in [1.807, 2.05) is 65.2 Å². The minimum Gasteiger partial charge on any atom is -0.493 e. The molecule has 2 aliphatic heterocycles. The van der Waals surface area contributed by atoms with Crippen molar-refractivity contribution in [2.75, 3.05) is 107 Å². The molecule has 2 aromatic carbocycles. The second-order valence-corrected chi connectivity index (χ2v) is 21.4. The predicted molar refractivity (Wildman–Crippen MR) is 299 cm³/mol. The van der Waals surface area contributed by atoms with Crippen LogP contribution in [0.15, 0.2) is 36.4 Å². The summed E-state index contributed by atoms with van der Waals surface area (Å²) in [4.78, 5) is 55.2. The molecule has 2 aromatic rings. The van der Waals surface area contributed by atoms with E-state index in [-0.39, 0.29) is 37.6 Å². The second kappa shape index (κ2) is 37.3. The predicted octanol–water partition coefficient (Wildman–Crippen LogP) is 10.7. The van der Waals surface area contributed by atoms with Gasteiger partial charge in [0.2, 0.25) is 0 Å². The lowest BCUT2D eigenvalue weighted by Crippen LogP contribution is -2.54. The highest BCUT2D eigenvalue weighted by Gasteiger charge is 2.35. The molecule has 2 aliphatic rings. The Morgan fingerprint density at radius 3 is 1.29 bits per heavy atom. The van der Waals surface area contributed by atoms with Crippen LogP contribution in [-0.2, 0) is 28.4 Å². The fourth-order valence-corrected chi connectivity index (χ4v) is 8.12. The summed E-state index contributed by atoms with van der Waals surface area (Å²) in [6.07, 6.45) is 6.27. The number of amides is 3. The zero-order chi connectivity index (χ0) is 56.0. The largest absolute Gasteiger partial charge is 0.493 e. The first-order chi connectivity index (χ1) is 35.5. The lowest BCUT2D eigenvalue weighted by atomic mass is 10.0. The molecule has 2 saturated heterocycles. The zero-order valence-electron chi connectivity index (χ0n) is 47.9. The monoisotopic (exact) mass is 1100 g/mol. The van der Waals surface area contributed by atoms with Gasteiger partial charge in [0.1, 0.15) is 34.2 Å². The fourth-order valence-electron chi connectivity index (χ4n) is 8.01. The van der Waals surface area contributed by atoms with Crippen LogP contribution in [0.1, 0.15) is 149 Å². The number of methoxy groups -OCH3 is 4. The summed E-state index contributed by atoms with van der Waals surface area (Å²) < 4.78 is 54.1. The van der Waals surface area contributed by atoms with E-state index in [0.717, 1.165) is 64.5 Å². The Balaban J connectivity index is 0.000000625. The van der Waals surface area contributed by atoms with Crippen molar-refractivity contribution in [1.82, 2.24) is 20.0 Å². The van der Waals surface area contributed by atoms with E-state index in [1.165, 1.54) is 0 Å². The van der Waals surface area contributed by atoms with Crippen molar-refractivity contribution in [2.45, 2.75) is 163 Å². The lowest BCUT2D eigenvalue weighted by molar-refractivity contribution is 0.00749. The number of nitrogens with zero attached hydrogens (tertiary/aromatic N) is 3. The van der Waals surface area contributed by atoms with E-state index in [1.54, 1.807) is 69.7 Å².